The molecule has 1 aromatic heterocycles. The zero-order valence-electron chi connectivity index (χ0n) is 9.63. The number of aliphatic hydroxyl groups excluding tert-OH is 1. The van der Waals surface area contributed by atoms with E-state index in [2.05, 4.69) is 22.1 Å². The van der Waals surface area contributed by atoms with Gasteiger partial charge in [0, 0.05) is 37.9 Å². The van der Waals surface area contributed by atoms with Crippen LogP contribution >= 0.6 is 0 Å². The van der Waals surface area contributed by atoms with Gasteiger partial charge in [0.05, 0.1) is 12.3 Å². The predicted molar refractivity (Wildman–Crippen MR) is 63.0 cm³/mol. The van der Waals surface area contributed by atoms with Crippen molar-refractivity contribution >= 4 is 0 Å². The summed E-state index contributed by atoms with van der Waals surface area (Å²) in [5, 5.41) is 12.7. The van der Waals surface area contributed by atoms with Crippen molar-refractivity contribution in [1.82, 2.24) is 15.2 Å². The Morgan fingerprint density at radius 3 is 3.12 bits per heavy atom. The van der Waals surface area contributed by atoms with E-state index in [1.54, 1.807) is 0 Å². The van der Waals surface area contributed by atoms with E-state index < -0.39 is 0 Å². The fourth-order valence-corrected chi connectivity index (χ4v) is 2.11. The third-order valence-electron chi connectivity index (χ3n) is 3.03. The Bertz CT molecular complexity index is 317. The first-order chi connectivity index (χ1) is 7.79. The number of pyridine rings is 1. The van der Waals surface area contributed by atoms with E-state index >= 15 is 0 Å². The molecule has 0 spiro atoms. The number of hydrogen-bond acceptors (Lipinski definition) is 4. The zero-order chi connectivity index (χ0) is 11.4. The minimum Gasteiger partial charge on any atom is -0.395 e. The van der Waals surface area contributed by atoms with Crippen LogP contribution in [0.2, 0.25) is 0 Å². The molecule has 1 aromatic rings. The molecule has 1 aliphatic heterocycles. The van der Waals surface area contributed by atoms with Crippen LogP contribution in [0.5, 0.6) is 0 Å². The highest BCUT2D eigenvalue weighted by Crippen LogP contribution is 2.10. The van der Waals surface area contributed by atoms with Gasteiger partial charge >= 0.3 is 0 Å². The number of aromatic nitrogens is 1. The lowest BCUT2D eigenvalue weighted by molar-refractivity contribution is 0.0771. The Balaban J connectivity index is 2.01. The van der Waals surface area contributed by atoms with Crippen LogP contribution in [0.3, 0.4) is 0 Å². The van der Waals surface area contributed by atoms with Crippen LogP contribution in [0, 0.1) is 0 Å². The maximum atomic E-state index is 9.32. The second-order valence-electron chi connectivity index (χ2n) is 4.40. The van der Waals surface area contributed by atoms with Gasteiger partial charge in [-0.25, -0.2) is 0 Å². The summed E-state index contributed by atoms with van der Waals surface area (Å²) < 4.78 is 0. The van der Waals surface area contributed by atoms with Crippen LogP contribution in [-0.4, -0.2) is 46.8 Å². The number of hydrogen-bond donors (Lipinski definition) is 2. The van der Waals surface area contributed by atoms with Crippen molar-refractivity contribution in [1.29, 1.82) is 0 Å². The molecule has 0 aliphatic carbocycles. The van der Waals surface area contributed by atoms with Gasteiger partial charge in [0.25, 0.3) is 0 Å². The third-order valence-corrected chi connectivity index (χ3v) is 3.03. The first-order valence-corrected chi connectivity index (χ1v) is 5.78. The lowest BCUT2D eigenvalue weighted by Crippen LogP contribution is -2.56. The first-order valence-electron chi connectivity index (χ1n) is 5.78. The number of rotatable bonds is 3. The van der Waals surface area contributed by atoms with Crippen molar-refractivity contribution in [2.75, 3.05) is 19.7 Å². The van der Waals surface area contributed by atoms with Crippen molar-refractivity contribution in [3.63, 3.8) is 0 Å². The van der Waals surface area contributed by atoms with Gasteiger partial charge in [0.15, 0.2) is 0 Å². The molecule has 1 saturated heterocycles. The summed E-state index contributed by atoms with van der Waals surface area (Å²) in [6.07, 6.45) is 1.81. The highest BCUT2D eigenvalue weighted by atomic mass is 16.3. The molecule has 0 bridgehead atoms. The number of piperazine rings is 1. The first kappa shape index (κ1) is 11.5. The molecule has 0 amide bonds. The van der Waals surface area contributed by atoms with Crippen molar-refractivity contribution in [3.05, 3.63) is 30.1 Å². The van der Waals surface area contributed by atoms with Crippen molar-refractivity contribution in [2.45, 2.75) is 25.6 Å². The molecular weight excluding hydrogens is 202 g/mol. The van der Waals surface area contributed by atoms with E-state index in [4.69, 9.17) is 0 Å². The van der Waals surface area contributed by atoms with E-state index in [1.807, 2.05) is 24.4 Å². The Morgan fingerprint density at radius 1 is 1.56 bits per heavy atom. The minimum absolute atomic E-state index is 0.201. The average molecular weight is 221 g/mol. The van der Waals surface area contributed by atoms with E-state index in [9.17, 15) is 5.11 Å². The Morgan fingerprint density at radius 2 is 2.44 bits per heavy atom. The van der Waals surface area contributed by atoms with Gasteiger partial charge in [-0.2, -0.15) is 0 Å². The molecule has 2 rings (SSSR count). The zero-order valence-corrected chi connectivity index (χ0v) is 9.63. The summed E-state index contributed by atoms with van der Waals surface area (Å²) in [5.41, 5.74) is 1.06. The second-order valence-corrected chi connectivity index (χ2v) is 4.40. The van der Waals surface area contributed by atoms with E-state index in [-0.39, 0.29) is 12.6 Å². The van der Waals surface area contributed by atoms with Gasteiger partial charge < -0.3 is 10.4 Å². The van der Waals surface area contributed by atoms with Crippen LogP contribution in [0.15, 0.2) is 24.4 Å². The van der Waals surface area contributed by atoms with Gasteiger partial charge in [-0.3, -0.25) is 9.88 Å². The SMILES string of the molecule is CC1CN(Cc2ccccn2)C(CO)CN1. The van der Waals surface area contributed by atoms with Gasteiger partial charge in [0.2, 0.25) is 0 Å². The molecule has 4 nitrogen and oxygen atoms in total. The molecule has 4 heteroatoms. The van der Waals surface area contributed by atoms with Crippen LogP contribution in [0.4, 0.5) is 0 Å². The fourth-order valence-electron chi connectivity index (χ4n) is 2.11. The second kappa shape index (κ2) is 5.39. The van der Waals surface area contributed by atoms with Gasteiger partial charge in [0.1, 0.15) is 0 Å². The van der Waals surface area contributed by atoms with Crippen LogP contribution in [0.25, 0.3) is 0 Å². The monoisotopic (exact) mass is 221 g/mol. The van der Waals surface area contributed by atoms with Gasteiger partial charge in [-0.15, -0.1) is 0 Å². The number of nitrogens with one attached hydrogen (secondary N) is 1. The third kappa shape index (κ3) is 2.78. The van der Waals surface area contributed by atoms with Crippen LogP contribution in [-0.2, 0) is 6.54 Å². The number of nitrogens with zero attached hydrogens (tertiary/aromatic N) is 2. The molecule has 88 valence electrons. The Kier molecular flexibility index (Phi) is 3.88. The summed E-state index contributed by atoms with van der Waals surface area (Å²) in [6, 6.07) is 6.64. The average Bonchev–Trinajstić information content (AvgIpc) is 2.31. The Labute approximate surface area is 96.3 Å². The van der Waals surface area contributed by atoms with Crippen molar-refractivity contribution < 1.29 is 5.11 Å². The lowest BCUT2D eigenvalue weighted by atomic mass is 10.1. The van der Waals surface area contributed by atoms with E-state index in [0.717, 1.165) is 25.3 Å². The lowest BCUT2D eigenvalue weighted by Gasteiger charge is -2.38. The largest absolute Gasteiger partial charge is 0.395 e. The van der Waals surface area contributed by atoms with Gasteiger partial charge in [-0.1, -0.05) is 6.07 Å². The number of aliphatic hydroxyl groups is 1. The molecule has 0 radical (unpaired) electrons. The normalized spacial score (nSPS) is 26.9. The van der Waals surface area contributed by atoms with Gasteiger partial charge in [-0.05, 0) is 19.1 Å². The molecule has 16 heavy (non-hydrogen) atoms. The topological polar surface area (TPSA) is 48.4 Å². The summed E-state index contributed by atoms with van der Waals surface area (Å²) >= 11 is 0. The van der Waals surface area contributed by atoms with Crippen LogP contribution < -0.4 is 5.32 Å². The molecule has 2 heterocycles. The molecule has 2 N–H and O–H groups in total. The van der Waals surface area contributed by atoms with Crippen molar-refractivity contribution in [3.8, 4) is 0 Å². The highest BCUT2D eigenvalue weighted by molar-refractivity contribution is 5.04. The molecule has 2 atom stereocenters. The van der Waals surface area contributed by atoms with E-state index in [0.29, 0.717) is 6.04 Å². The summed E-state index contributed by atoms with van der Waals surface area (Å²) in [7, 11) is 0. The van der Waals surface area contributed by atoms with E-state index in [1.165, 1.54) is 0 Å². The molecule has 2 unspecified atom stereocenters. The van der Waals surface area contributed by atoms with Crippen LogP contribution in [0.1, 0.15) is 12.6 Å². The Hall–Kier alpha value is -0.970. The maximum Gasteiger partial charge on any atom is 0.0599 e. The standard InChI is InChI=1S/C12H19N3O/c1-10-7-15(12(9-16)6-14-10)8-11-4-2-3-5-13-11/h2-5,10,12,14,16H,6-9H2,1H3. The smallest absolute Gasteiger partial charge is 0.0599 e. The quantitative estimate of drug-likeness (QED) is 0.767. The van der Waals surface area contributed by atoms with Crippen molar-refractivity contribution in [2.24, 2.45) is 0 Å². The molecular formula is C12H19N3O. The molecule has 0 saturated carbocycles. The fraction of sp³-hybridized carbons (Fsp3) is 0.583. The molecule has 1 aliphatic rings. The summed E-state index contributed by atoms with van der Waals surface area (Å²) in [4.78, 5) is 6.62. The summed E-state index contributed by atoms with van der Waals surface area (Å²) in [5.74, 6) is 0. The predicted octanol–water partition coefficient (Wildman–Crippen LogP) is 0.236. The molecule has 1 fully saturated rings. The molecule has 0 aromatic carbocycles. The highest BCUT2D eigenvalue weighted by Gasteiger charge is 2.25. The maximum absolute atomic E-state index is 9.32. The minimum atomic E-state index is 0.201. The summed E-state index contributed by atoms with van der Waals surface area (Å²) in [6.45, 7) is 5.00.